The van der Waals surface area contributed by atoms with Gasteiger partial charge in [0.1, 0.15) is 17.8 Å². The number of hydrogen-bond acceptors (Lipinski definition) is 10. The van der Waals surface area contributed by atoms with Gasteiger partial charge in [-0.1, -0.05) is 32.9 Å². The van der Waals surface area contributed by atoms with E-state index in [0.29, 0.717) is 24.3 Å². The van der Waals surface area contributed by atoms with Crippen LogP contribution in [0, 0.1) is 5.92 Å². The fraction of sp³-hybridized carbons (Fsp3) is 0.591. The Bertz CT molecular complexity index is 933. The number of hydrogen-bond donors (Lipinski definition) is 4. The fourth-order valence-electron chi connectivity index (χ4n) is 3.70. The normalized spacial score (nSPS) is 19.4. The van der Waals surface area contributed by atoms with Gasteiger partial charge in [-0.3, -0.25) is 0 Å². The first kappa shape index (κ1) is 22.3. The summed E-state index contributed by atoms with van der Waals surface area (Å²) in [5.74, 6) is 3.78. The van der Waals surface area contributed by atoms with Gasteiger partial charge in [0.25, 0.3) is 0 Å². The Kier molecular flexibility index (Phi) is 6.80. The molecule has 2 aromatic heterocycles. The standard InChI is InChI=1S/C22H35N9O/c1-14(2)17-11-20(30(5)28-17)25-19-12-21(31-8-6-23-7-9-31)27-22(26-19)24-13-16-10-18(15(3)4)29-32-16/h10-12,14-15,20,23,28H,6-9,13H2,1-5H3,(H2,24,25,26,27). The van der Waals surface area contributed by atoms with Gasteiger partial charge in [0, 0.05) is 51.1 Å². The Morgan fingerprint density at radius 1 is 1.12 bits per heavy atom. The number of aromatic nitrogens is 3. The van der Waals surface area contributed by atoms with Crippen molar-refractivity contribution in [3.8, 4) is 0 Å². The van der Waals surface area contributed by atoms with Gasteiger partial charge in [0.2, 0.25) is 5.95 Å². The van der Waals surface area contributed by atoms with Crippen molar-refractivity contribution in [3.05, 3.63) is 35.4 Å². The SMILES string of the molecule is CC(C)C1=CC(Nc2cc(N3CCNCC3)nc(NCc3cc(C(C)C)no3)n2)N(C)N1. The molecule has 1 unspecified atom stereocenters. The predicted molar refractivity (Wildman–Crippen MR) is 126 cm³/mol. The highest BCUT2D eigenvalue weighted by Crippen LogP contribution is 2.23. The van der Waals surface area contributed by atoms with E-state index in [1.807, 2.05) is 19.2 Å². The van der Waals surface area contributed by atoms with Crippen molar-refractivity contribution in [2.75, 3.05) is 48.8 Å². The zero-order chi connectivity index (χ0) is 22.7. The lowest BCUT2D eigenvalue weighted by molar-refractivity contribution is 0.258. The van der Waals surface area contributed by atoms with Gasteiger partial charge in [-0.05, 0) is 17.9 Å². The summed E-state index contributed by atoms with van der Waals surface area (Å²) in [6.07, 6.45) is 2.21. The second-order valence-electron chi connectivity index (χ2n) is 8.99. The molecular formula is C22H35N9O. The van der Waals surface area contributed by atoms with Crippen molar-refractivity contribution in [2.45, 2.75) is 46.3 Å². The first-order chi connectivity index (χ1) is 15.4. The summed E-state index contributed by atoms with van der Waals surface area (Å²) in [6, 6.07) is 4.01. The number of likely N-dealkylation sites (N-methyl/N-ethyl adjacent to an activating group) is 1. The van der Waals surface area contributed by atoms with Gasteiger partial charge in [-0.25, -0.2) is 5.01 Å². The molecule has 0 aliphatic carbocycles. The van der Waals surface area contributed by atoms with E-state index >= 15 is 0 Å². The van der Waals surface area contributed by atoms with Gasteiger partial charge < -0.3 is 30.8 Å². The van der Waals surface area contributed by atoms with E-state index in [-0.39, 0.29) is 6.17 Å². The Morgan fingerprint density at radius 3 is 2.56 bits per heavy atom. The molecule has 4 rings (SSSR count). The van der Waals surface area contributed by atoms with Crippen LogP contribution in [0.25, 0.3) is 0 Å². The fourth-order valence-corrected chi connectivity index (χ4v) is 3.70. The maximum Gasteiger partial charge on any atom is 0.226 e. The highest BCUT2D eigenvalue weighted by atomic mass is 16.5. The lowest BCUT2D eigenvalue weighted by Crippen LogP contribution is -2.44. The zero-order valence-electron chi connectivity index (χ0n) is 19.6. The minimum absolute atomic E-state index is 0.00824. The van der Waals surface area contributed by atoms with Crippen LogP contribution in [-0.4, -0.2) is 59.5 Å². The van der Waals surface area contributed by atoms with Crippen LogP contribution in [0.1, 0.15) is 45.1 Å². The van der Waals surface area contributed by atoms with Crippen LogP contribution in [0.4, 0.5) is 17.6 Å². The van der Waals surface area contributed by atoms with E-state index in [1.165, 1.54) is 5.70 Å². The van der Waals surface area contributed by atoms with E-state index in [2.05, 4.69) is 70.2 Å². The third kappa shape index (κ3) is 5.31. The molecule has 0 aromatic carbocycles. The molecule has 4 N–H and O–H groups in total. The van der Waals surface area contributed by atoms with E-state index in [0.717, 1.165) is 49.3 Å². The summed E-state index contributed by atoms with van der Waals surface area (Å²) in [5.41, 5.74) is 5.56. The van der Waals surface area contributed by atoms with Gasteiger partial charge in [-0.15, -0.1) is 0 Å². The summed E-state index contributed by atoms with van der Waals surface area (Å²) in [5, 5.41) is 16.4. The van der Waals surface area contributed by atoms with Crippen molar-refractivity contribution in [1.29, 1.82) is 0 Å². The lowest BCUT2D eigenvalue weighted by Gasteiger charge is -2.29. The number of anilines is 3. The third-order valence-corrected chi connectivity index (χ3v) is 5.72. The van der Waals surface area contributed by atoms with E-state index in [4.69, 9.17) is 14.5 Å². The second-order valence-corrected chi connectivity index (χ2v) is 8.99. The summed E-state index contributed by atoms with van der Waals surface area (Å²) >= 11 is 0. The van der Waals surface area contributed by atoms with E-state index < -0.39 is 0 Å². The molecule has 2 aliphatic rings. The number of hydrazine groups is 1. The van der Waals surface area contributed by atoms with Crippen molar-refractivity contribution >= 4 is 17.6 Å². The average Bonchev–Trinajstić information content (AvgIpc) is 3.40. The van der Waals surface area contributed by atoms with Gasteiger partial charge in [0.05, 0.1) is 12.2 Å². The van der Waals surface area contributed by atoms with Crippen molar-refractivity contribution in [3.63, 3.8) is 0 Å². The number of allylic oxidation sites excluding steroid dienone is 1. The molecular weight excluding hydrogens is 406 g/mol. The van der Waals surface area contributed by atoms with E-state index in [1.54, 1.807) is 0 Å². The molecule has 1 atom stereocenters. The van der Waals surface area contributed by atoms with Crippen LogP contribution >= 0.6 is 0 Å². The maximum atomic E-state index is 5.46. The molecule has 10 heteroatoms. The minimum Gasteiger partial charge on any atom is -0.359 e. The Hall–Kier alpha value is -2.85. The molecule has 10 nitrogen and oxygen atoms in total. The van der Waals surface area contributed by atoms with Crippen LogP contribution in [-0.2, 0) is 6.54 Å². The quantitative estimate of drug-likeness (QED) is 0.488. The number of nitrogens with one attached hydrogen (secondary N) is 4. The third-order valence-electron chi connectivity index (χ3n) is 5.72. The molecule has 2 aromatic rings. The van der Waals surface area contributed by atoms with Crippen LogP contribution in [0.2, 0.25) is 0 Å². The summed E-state index contributed by atoms with van der Waals surface area (Å²) < 4.78 is 5.46. The summed E-state index contributed by atoms with van der Waals surface area (Å²) in [4.78, 5) is 11.8. The van der Waals surface area contributed by atoms with Crippen molar-refractivity contribution in [1.82, 2.24) is 30.9 Å². The number of rotatable bonds is 8. The smallest absolute Gasteiger partial charge is 0.226 e. The Morgan fingerprint density at radius 2 is 1.91 bits per heavy atom. The van der Waals surface area contributed by atoms with Gasteiger partial charge in [-0.2, -0.15) is 9.97 Å². The van der Waals surface area contributed by atoms with Gasteiger partial charge in [0.15, 0.2) is 5.76 Å². The van der Waals surface area contributed by atoms with Crippen LogP contribution in [0.5, 0.6) is 0 Å². The molecule has 0 bridgehead atoms. The number of piperazine rings is 1. The van der Waals surface area contributed by atoms with E-state index in [9.17, 15) is 0 Å². The zero-order valence-corrected chi connectivity index (χ0v) is 19.6. The molecule has 0 saturated carbocycles. The second kappa shape index (κ2) is 9.74. The summed E-state index contributed by atoms with van der Waals surface area (Å²) in [7, 11) is 2.03. The highest BCUT2D eigenvalue weighted by molar-refractivity contribution is 5.55. The maximum absolute atomic E-state index is 5.46. The minimum atomic E-state index is 0.00824. The van der Waals surface area contributed by atoms with Gasteiger partial charge >= 0.3 is 0 Å². The molecule has 4 heterocycles. The molecule has 1 saturated heterocycles. The molecule has 0 spiro atoms. The van der Waals surface area contributed by atoms with Crippen molar-refractivity contribution in [2.24, 2.45) is 5.92 Å². The predicted octanol–water partition coefficient (Wildman–Crippen LogP) is 2.34. The molecule has 32 heavy (non-hydrogen) atoms. The Labute approximate surface area is 189 Å². The van der Waals surface area contributed by atoms with Crippen molar-refractivity contribution < 1.29 is 4.52 Å². The largest absolute Gasteiger partial charge is 0.359 e. The van der Waals surface area contributed by atoms with Crippen LogP contribution < -0.4 is 26.3 Å². The lowest BCUT2D eigenvalue weighted by atomic mass is 10.1. The highest BCUT2D eigenvalue weighted by Gasteiger charge is 2.24. The number of nitrogens with zero attached hydrogens (tertiary/aromatic N) is 5. The van der Waals surface area contributed by atoms with Crippen LogP contribution in [0.3, 0.4) is 0 Å². The first-order valence-corrected chi connectivity index (χ1v) is 11.4. The molecule has 2 aliphatic heterocycles. The Balaban J connectivity index is 1.53. The molecule has 0 radical (unpaired) electrons. The van der Waals surface area contributed by atoms with Crippen LogP contribution in [0.15, 0.2) is 28.4 Å². The first-order valence-electron chi connectivity index (χ1n) is 11.4. The molecule has 0 amide bonds. The summed E-state index contributed by atoms with van der Waals surface area (Å²) in [6.45, 7) is 12.8. The molecule has 1 fully saturated rings. The molecule has 174 valence electrons. The topological polar surface area (TPSA) is 106 Å². The average molecular weight is 442 g/mol. The monoisotopic (exact) mass is 441 g/mol.